The van der Waals surface area contributed by atoms with Crippen LogP contribution in [0.2, 0.25) is 0 Å². The molecular weight excluding hydrogens is 748 g/mol. The van der Waals surface area contributed by atoms with Crippen LogP contribution in [0.25, 0.3) is 44.4 Å². The van der Waals surface area contributed by atoms with Crippen molar-refractivity contribution in [1.29, 1.82) is 0 Å². The molecule has 3 aromatic heterocycles. The molecule has 3 heterocycles. The molecule has 232 valence electrons. The molecule has 7 rings (SSSR count). The summed E-state index contributed by atoms with van der Waals surface area (Å²) < 4.78 is 10.6. The number of benzene rings is 4. The van der Waals surface area contributed by atoms with Crippen molar-refractivity contribution in [3.05, 3.63) is 132 Å². The third kappa shape index (κ3) is 5.92. The number of nitrogens with zero attached hydrogens (tertiary/aromatic N) is 4. The van der Waals surface area contributed by atoms with Crippen molar-refractivity contribution in [1.82, 2.24) is 19.3 Å². The van der Waals surface area contributed by atoms with E-state index >= 15 is 0 Å². The van der Waals surface area contributed by atoms with Crippen molar-refractivity contribution in [3.8, 4) is 34.1 Å². The molecule has 0 saturated carbocycles. The summed E-state index contributed by atoms with van der Waals surface area (Å²) in [6, 6.07) is 38.6. The van der Waals surface area contributed by atoms with E-state index in [-0.39, 0.29) is 21.1 Å². The smallest absolute Gasteiger partial charge is 0.509 e. The summed E-state index contributed by atoms with van der Waals surface area (Å²) in [5.41, 5.74) is 9.83. The number of hydrogen-bond donors (Lipinski definition) is 0. The van der Waals surface area contributed by atoms with Gasteiger partial charge in [0.1, 0.15) is 5.82 Å². The first-order valence-corrected chi connectivity index (χ1v) is 15.8. The van der Waals surface area contributed by atoms with Gasteiger partial charge in [0.2, 0.25) is 0 Å². The van der Waals surface area contributed by atoms with Crippen LogP contribution in [0.4, 0.5) is 0 Å². The summed E-state index contributed by atoms with van der Waals surface area (Å²) in [6.07, 6.45) is 6.16. The summed E-state index contributed by atoms with van der Waals surface area (Å²) in [5.74, 6) is 2.12. The van der Waals surface area contributed by atoms with Crippen LogP contribution in [0, 0.1) is 26.0 Å². The van der Waals surface area contributed by atoms with Crippen molar-refractivity contribution < 1.29 is 25.8 Å². The number of aromatic nitrogens is 4. The Morgan fingerprint density at radius 2 is 1.50 bits per heavy atom. The summed E-state index contributed by atoms with van der Waals surface area (Å²) >= 11 is 0. The molecule has 4 aromatic carbocycles. The molecule has 6 heteroatoms. The van der Waals surface area contributed by atoms with Crippen molar-refractivity contribution in [2.75, 3.05) is 0 Å². The third-order valence-electron chi connectivity index (χ3n) is 8.38. The molecule has 0 bridgehead atoms. The Kier molecular flexibility index (Phi) is 9.24. The average Bonchev–Trinajstić information content (AvgIpc) is 3.54. The molecule has 0 radical (unpaired) electrons. The maximum atomic E-state index is 6.44. The van der Waals surface area contributed by atoms with Crippen LogP contribution in [0.1, 0.15) is 49.2 Å². The normalized spacial score (nSPS) is 11.2. The second-order valence-electron chi connectivity index (χ2n) is 11.6. The van der Waals surface area contributed by atoms with Gasteiger partial charge in [-0.15, -0.1) is 35.7 Å². The molecule has 0 aliphatic heterocycles. The zero-order valence-electron chi connectivity index (χ0n) is 26.6. The summed E-state index contributed by atoms with van der Waals surface area (Å²) in [7, 11) is 0. The predicted molar refractivity (Wildman–Crippen MR) is 183 cm³/mol. The van der Waals surface area contributed by atoms with Gasteiger partial charge < -0.3 is 9.30 Å². The van der Waals surface area contributed by atoms with Gasteiger partial charge in [0, 0.05) is 34.5 Å². The molecule has 0 aliphatic carbocycles. The summed E-state index contributed by atoms with van der Waals surface area (Å²) in [5, 5.41) is 7.20. The fraction of sp³-hybridized carbons (Fsp3) is 0.200. The number of rotatable bonds is 9. The minimum Gasteiger partial charge on any atom is -0.509 e. The van der Waals surface area contributed by atoms with Crippen LogP contribution in [0.15, 0.2) is 97.2 Å². The quantitative estimate of drug-likeness (QED) is 0.137. The largest absolute Gasteiger partial charge is 2.00 e. The molecule has 5 nitrogen and oxygen atoms in total. The van der Waals surface area contributed by atoms with E-state index in [4.69, 9.17) is 14.8 Å². The molecule has 0 unspecified atom stereocenters. The number of fused-ring (bicyclic) bond motifs is 3. The van der Waals surface area contributed by atoms with Gasteiger partial charge in [0.25, 0.3) is 0 Å². The maximum Gasteiger partial charge on any atom is 2.00 e. The first-order chi connectivity index (χ1) is 22.0. The van der Waals surface area contributed by atoms with E-state index in [2.05, 4.69) is 98.1 Å². The van der Waals surface area contributed by atoms with Gasteiger partial charge in [0.15, 0.2) is 0 Å². The van der Waals surface area contributed by atoms with E-state index in [9.17, 15) is 0 Å². The topological polar surface area (TPSA) is 44.9 Å². The number of ether oxygens (including phenoxy) is 1. The molecule has 7 aromatic rings. The van der Waals surface area contributed by atoms with Gasteiger partial charge in [-0.2, -0.15) is 17.2 Å². The molecule has 46 heavy (non-hydrogen) atoms. The monoisotopic (exact) mass is 783 g/mol. The number of hydrogen-bond acceptors (Lipinski definition) is 3. The first kappa shape index (κ1) is 31.5. The van der Waals surface area contributed by atoms with Gasteiger partial charge in [-0.1, -0.05) is 74.7 Å². The van der Waals surface area contributed by atoms with Crippen molar-refractivity contribution in [2.24, 2.45) is 0 Å². The van der Waals surface area contributed by atoms with Gasteiger partial charge in [-0.05, 0) is 72.7 Å². The van der Waals surface area contributed by atoms with E-state index < -0.39 is 0 Å². The fourth-order valence-corrected chi connectivity index (χ4v) is 6.38. The average molecular weight is 784 g/mol. The molecule has 0 saturated heterocycles. The Labute approximate surface area is 285 Å². The minimum atomic E-state index is 0. The zero-order valence-corrected chi connectivity index (χ0v) is 28.9. The Morgan fingerprint density at radius 1 is 0.739 bits per heavy atom. The van der Waals surface area contributed by atoms with E-state index in [1.54, 1.807) is 0 Å². The van der Waals surface area contributed by atoms with Gasteiger partial charge >= 0.3 is 21.1 Å². The number of pyridine rings is 1. The van der Waals surface area contributed by atoms with Crippen LogP contribution in [-0.2, 0) is 33.9 Å². The molecular formula is C40H36N4OPt. The second kappa shape index (κ2) is 13.5. The van der Waals surface area contributed by atoms with Gasteiger partial charge in [-0.25, -0.2) is 4.98 Å². The first-order valence-electron chi connectivity index (χ1n) is 15.8. The SMILES string of the molecule is CCCc1ccnc(-n2c3[c-]c(Oc4[c-]c(-n5nc(C)c(-c6ccccc6)c5C)ccc4)ccc3c3cc(CCC)ccc32)c1.[Pt+2]. The van der Waals surface area contributed by atoms with Crippen LogP contribution in [-0.4, -0.2) is 19.3 Å². The zero-order chi connectivity index (χ0) is 30.9. The molecule has 0 atom stereocenters. The van der Waals surface area contributed by atoms with Crippen molar-refractivity contribution in [2.45, 2.75) is 53.4 Å². The van der Waals surface area contributed by atoms with Gasteiger partial charge in [0.05, 0.1) is 5.69 Å². The Hall–Kier alpha value is -4.47. The van der Waals surface area contributed by atoms with E-state index in [1.807, 2.05) is 48.1 Å². The van der Waals surface area contributed by atoms with Crippen LogP contribution in [0.3, 0.4) is 0 Å². The molecule has 0 amide bonds. The van der Waals surface area contributed by atoms with E-state index in [0.29, 0.717) is 11.5 Å². The Bertz CT molecular complexity index is 2140. The van der Waals surface area contributed by atoms with E-state index in [1.165, 1.54) is 16.5 Å². The third-order valence-corrected chi connectivity index (χ3v) is 8.38. The van der Waals surface area contributed by atoms with Crippen molar-refractivity contribution in [3.63, 3.8) is 0 Å². The molecule has 0 fully saturated rings. The predicted octanol–water partition coefficient (Wildman–Crippen LogP) is 9.94. The molecule has 0 aliphatic rings. The van der Waals surface area contributed by atoms with Gasteiger partial charge in [-0.3, -0.25) is 4.68 Å². The van der Waals surface area contributed by atoms with Crippen LogP contribution >= 0.6 is 0 Å². The molecule has 0 spiro atoms. The summed E-state index contributed by atoms with van der Waals surface area (Å²) in [6.45, 7) is 8.57. The Morgan fingerprint density at radius 3 is 2.28 bits per heavy atom. The van der Waals surface area contributed by atoms with E-state index in [0.717, 1.165) is 76.1 Å². The fourth-order valence-electron chi connectivity index (χ4n) is 6.38. The van der Waals surface area contributed by atoms with Crippen LogP contribution in [0.5, 0.6) is 11.5 Å². The minimum absolute atomic E-state index is 0. The van der Waals surface area contributed by atoms with Crippen LogP contribution < -0.4 is 4.74 Å². The Balaban J connectivity index is 0.00000372. The summed E-state index contributed by atoms with van der Waals surface area (Å²) in [4.78, 5) is 4.81. The van der Waals surface area contributed by atoms with Crippen molar-refractivity contribution >= 4 is 21.8 Å². The second-order valence-corrected chi connectivity index (χ2v) is 11.6. The maximum absolute atomic E-state index is 6.44. The number of aryl methyl sites for hydroxylation is 3. The standard InChI is InChI=1S/C40H36N4O.Pt/c1-5-11-29-17-20-37-36(23-29)35-19-18-34(26-38(35)43(37)39-24-30(12-6-2)21-22-41-39)45-33-16-10-15-32(25-33)44-28(4)40(27(3)42-44)31-13-8-7-9-14-31;/h7-10,13-24H,5-6,11-12H2,1-4H3;/q-2;+2. The molecule has 0 N–H and O–H groups in total.